The molecule has 1 N–H and O–H groups in total. The summed E-state index contributed by atoms with van der Waals surface area (Å²) in [6, 6.07) is 2.53. The SMILES string of the molecule is OC(CSc1ccc(F)cc1F)C(F)(F)F. The van der Waals surface area contributed by atoms with Crippen molar-refractivity contribution >= 4 is 11.8 Å². The second-order valence-corrected chi connectivity index (χ2v) is 4.00. The van der Waals surface area contributed by atoms with E-state index in [-0.39, 0.29) is 4.90 Å². The highest BCUT2D eigenvalue weighted by molar-refractivity contribution is 7.99. The Bertz CT molecular complexity index is 365. The molecule has 0 amide bonds. The Hall–Kier alpha value is -0.820. The summed E-state index contributed by atoms with van der Waals surface area (Å²) < 4.78 is 61.1. The van der Waals surface area contributed by atoms with Gasteiger partial charge in [-0.1, -0.05) is 0 Å². The summed E-state index contributed by atoms with van der Waals surface area (Å²) in [5.41, 5.74) is 0. The van der Waals surface area contributed by atoms with E-state index in [0.717, 1.165) is 12.1 Å². The third kappa shape index (κ3) is 3.64. The molecular formula is C9H7F5OS. The van der Waals surface area contributed by atoms with Gasteiger partial charge in [0, 0.05) is 16.7 Å². The molecule has 0 saturated carbocycles. The number of aliphatic hydroxyl groups excluding tert-OH is 1. The second-order valence-electron chi connectivity index (χ2n) is 2.94. The first-order chi connectivity index (χ1) is 7.30. The predicted octanol–water partition coefficient (Wildman–Crippen LogP) is 2.98. The number of hydrogen-bond donors (Lipinski definition) is 1. The highest BCUT2D eigenvalue weighted by atomic mass is 32.2. The molecular weight excluding hydrogens is 251 g/mol. The summed E-state index contributed by atoms with van der Waals surface area (Å²) in [4.78, 5) is -0.135. The molecule has 16 heavy (non-hydrogen) atoms. The number of aliphatic hydroxyl groups is 1. The molecule has 1 rings (SSSR count). The van der Waals surface area contributed by atoms with E-state index in [1.807, 2.05) is 0 Å². The van der Waals surface area contributed by atoms with E-state index in [1.54, 1.807) is 0 Å². The summed E-state index contributed by atoms with van der Waals surface area (Å²) in [6.07, 6.45) is -7.26. The van der Waals surface area contributed by atoms with Gasteiger partial charge >= 0.3 is 6.18 Å². The minimum absolute atomic E-state index is 0.135. The lowest BCUT2D eigenvalue weighted by molar-refractivity contribution is -0.195. The van der Waals surface area contributed by atoms with Crippen molar-refractivity contribution < 1.29 is 27.1 Å². The number of rotatable bonds is 3. The molecule has 1 unspecified atom stereocenters. The van der Waals surface area contributed by atoms with Crippen LogP contribution >= 0.6 is 11.8 Å². The molecule has 0 radical (unpaired) electrons. The van der Waals surface area contributed by atoms with Crippen LogP contribution in [0.4, 0.5) is 22.0 Å². The van der Waals surface area contributed by atoms with Gasteiger partial charge in [-0.25, -0.2) is 8.78 Å². The van der Waals surface area contributed by atoms with Crippen LogP contribution in [0.5, 0.6) is 0 Å². The maximum absolute atomic E-state index is 13.0. The quantitative estimate of drug-likeness (QED) is 0.664. The van der Waals surface area contributed by atoms with Gasteiger partial charge in [0.25, 0.3) is 0 Å². The van der Waals surface area contributed by atoms with E-state index in [0.29, 0.717) is 17.8 Å². The van der Waals surface area contributed by atoms with E-state index < -0.39 is 29.7 Å². The molecule has 0 aliphatic carbocycles. The number of halogens is 5. The highest BCUT2D eigenvalue weighted by Gasteiger charge is 2.38. The molecule has 0 aliphatic heterocycles. The molecule has 0 heterocycles. The second kappa shape index (κ2) is 5.01. The Morgan fingerprint density at radius 3 is 2.38 bits per heavy atom. The van der Waals surface area contributed by atoms with Crippen molar-refractivity contribution in [3.05, 3.63) is 29.8 Å². The Morgan fingerprint density at radius 1 is 1.25 bits per heavy atom. The lowest BCUT2D eigenvalue weighted by atomic mass is 10.3. The molecule has 0 fully saturated rings. The zero-order valence-electron chi connectivity index (χ0n) is 7.76. The largest absolute Gasteiger partial charge is 0.415 e. The summed E-state index contributed by atoms with van der Waals surface area (Å²) in [5, 5.41) is 8.65. The van der Waals surface area contributed by atoms with Crippen molar-refractivity contribution in [3.8, 4) is 0 Å². The van der Waals surface area contributed by atoms with E-state index in [9.17, 15) is 22.0 Å². The van der Waals surface area contributed by atoms with Crippen molar-refractivity contribution in [2.24, 2.45) is 0 Å². The topological polar surface area (TPSA) is 20.2 Å². The van der Waals surface area contributed by atoms with Crippen LogP contribution in [0.15, 0.2) is 23.1 Å². The lowest BCUT2D eigenvalue weighted by Gasteiger charge is -2.13. The van der Waals surface area contributed by atoms with Crippen LogP contribution in [0.1, 0.15) is 0 Å². The third-order valence-corrected chi connectivity index (χ3v) is 2.79. The maximum Gasteiger partial charge on any atom is 0.415 e. The summed E-state index contributed by atoms with van der Waals surface area (Å²) in [7, 11) is 0. The molecule has 0 spiro atoms. The molecule has 90 valence electrons. The predicted molar refractivity (Wildman–Crippen MR) is 49.1 cm³/mol. The molecule has 1 atom stereocenters. The number of benzene rings is 1. The first-order valence-corrected chi connectivity index (χ1v) is 5.12. The van der Waals surface area contributed by atoms with Gasteiger partial charge in [-0.05, 0) is 12.1 Å². The minimum atomic E-state index is -4.73. The summed E-state index contributed by atoms with van der Waals surface area (Å²) in [6.45, 7) is 0. The van der Waals surface area contributed by atoms with Gasteiger partial charge in [0.1, 0.15) is 11.6 Å². The Morgan fingerprint density at radius 2 is 1.88 bits per heavy atom. The van der Waals surface area contributed by atoms with Gasteiger partial charge in [0.2, 0.25) is 0 Å². The Labute approximate surface area is 92.3 Å². The average Bonchev–Trinajstić information content (AvgIpc) is 2.14. The van der Waals surface area contributed by atoms with Crippen molar-refractivity contribution in [3.63, 3.8) is 0 Å². The van der Waals surface area contributed by atoms with Crippen LogP contribution in [-0.4, -0.2) is 23.1 Å². The minimum Gasteiger partial charge on any atom is -0.383 e. The molecule has 1 nitrogen and oxygen atoms in total. The van der Waals surface area contributed by atoms with Gasteiger partial charge in [-0.15, -0.1) is 11.8 Å². The van der Waals surface area contributed by atoms with Crippen LogP contribution in [-0.2, 0) is 0 Å². The molecule has 1 aromatic carbocycles. The van der Waals surface area contributed by atoms with Gasteiger partial charge < -0.3 is 5.11 Å². The highest BCUT2D eigenvalue weighted by Crippen LogP contribution is 2.28. The lowest BCUT2D eigenvalue weighted by Crippen LogP contribution is -2.30. The fourth-order valence-electron chi connectivity index (χ4n) is 0.855. The Kier molecular flexibility index (Phi) is 4.15. The molecule has 0 saturated heterocycles. The van der Waals surface area contributed by atoms with Gasteiger partial charge in [0.15, 0.2) is 6.10 Å². The zero-order chi connectivity index (χ0) is 12.3. The fourth-order valence-corrected chi connectivity index (χ4v) is 1.74. The standard InChI is InChI=1S/C9H7F5OS/c10-5-1-2-7(6(11)3-5)16-4-8(15)9(12,13)14/h1-3,8,15H,4H2. The normalized spacial score (nSPS) is 13.9. The van der Waals surface area contributed by atoms with Crippen LogP contribution in [0.2, 0.25) is 0 Å². The number of thioether (sulfide) groups is 1. The zero-order valence-corrected chi connectivity index (χ0v) is 8.58. The Balaban J connectivity index is 2.62. The van der Waals surface area contributed by atoms with Crippen LogP contribution < -0.4 is 0 Å². The van der Waals surface area contributed by atoms with Crippen LogP contribution in [0, 0.1) is 11.6 Å². The first kappa shape index (κ1) is 13.2. The monoisotopic (exact) mass is 258 g/mol. The molecule has 0 aromatic heterocycles. The average molecular weight is 258 g/mol. The van der Waals surface area contributed by atoms with Gasteiger partial charge in [-0.3, -0.25) is 0 Å². The third-order valence-electron chi connectivity index (χ3n) is 1.67. The van der Waals surface area contributed by atoms with Crippen molar-refractivity contribution in [2.75, 3.05) is 5.75 Å². The number of alkyl halides is 3. The van der Waals surface area contributed by atoms with E-state index in [2.05, 4.69) is 0 Å². The van der Waals surface area contributed by atoms with E-state index in [4.69, 9.17) is 5.11 Å². The van der Waals surface area contributed by atoms with Crippen LogP contribution in [0.3, 0.4) is 0 Å². The van der Waals surface area contributed by atoms with Crippen molar-refractivity contribution in [1.29, 1.82) is 0 Å². The molecule has 0 bridgehead atoms. The fraction of sp³-hybridized carbons (Fsp3) is 0.333. The van der Waals surface area contributed by atoms with E-state index >= 15 is 0 Å². The molecule has 7 heteroatoms. The first-order valence-electron chi connectivity index (χ1n) is 4.13. The van der Waals surface area contributed by atoms with Gasteiger partial charge in [0.05, 0.1) is 0 Å². The van der Waals surface area contributed by atoms with Crippen molar-refractivity contribution in [1.82, 2.24) is 0 Å². The summed E-state index contributed by atoms with van der Waals surface area (Å²) >= 11 is 0.479. The molecule has 0 aliphatic rings. The summed E-state index contributed by atoms with van der Waals surface area (Å²) in [5.74, 6) is -2.48. The van der Waals surface area contributed by atoms with E-state index in [1.165, 1.54) is 0 Å². The van der Waals surface area contributed by atoms with Crippen LogP contribution in [0.25, 0.3) is 0 Å². The maximum atomic E-state index is 13.0. The molecule has 1 aromatic rings. The van der Waals surface area contributed by atoms with Gasteiger partial charge in [-0.2, -0.15) is 13.2 Å². The van der Waals surface area contributed by atoms with Crippen molar-refractivity contribution in [2.45, 2.75) is 17.2 Å². The number of hydrogen-bond acceptors (Lipinski definition) is 2. The smallest absolute Gasteiger partial charge is 0.383 e.